The van der Waals surface area contributed by atoms with Crippen LogP contribution in [-0.2, 0) is 19.1 Å². The topological polar surface area (TPSA) is 72.8 Å². The third kappa shape index (κ3) is 6.59. The molecule has 0 aromatic carbocycles. The van der Waals surface area contributed by atoms with Crippen molar-refractivity contribution in [1.29, 1.82) is 0 Å². The van der Waals surface area contributed by atoms with Gasteiger partial charge in [-0.25, -0.2) is 0 Å². The monoisotopic (exact) mass is 241 g/mol. The van der Waals surface area contributed by atoms with Gasteiger partial charge in [-0.3, -0.25) is 9.59 Å². The van der Waals surface area contributed by atoms with Crippen molar-refractivity contribution in [2.75, 3.05) is 20.8 Å². The minimum atomic E-state index is -0.997. The van der Waals surface area contributed by atoms with E-state index in [1.165, 1.54) is 14.2 Å². The number of hydrogen-bond acceptors (Lipinski definition) is 5. The van der Waals surface area contributed by atoms with E-state index in [2.05, 4.69) is 21.3 Å². The molecule has 0 aliphatic heterocycles. The van der Waals surface area contributed by atoms with Crippen LogP contribution in [0, 0.1) is 24.2 Å². The minimum Gasteiger partial charge on any atom is -0.468 e. The van der Waals surface area contributed by atoms with Gasteiger partial charge in [-0.15, -0.1) is 5.92 Å². The van der Waals surface area contributed by atoms with Gasteiger partial charge in [-0.05, 0) is 12.8 Å². The first-order chi connectivity index (χ1) is 8.17. The maximum atomic E-state index is 11.2. The van der Waals surface area contributed by atoms with Crippen molar-refractivity contribution in [2.24, 2.45) is 5.92 Å². The molecule has 0 spiro atoms. The Morgan fingerprint density at radius 2 is 1.88 bits per heavy atom. The number of hydrogen-bond donors (Lipinski definition) is 1. The summed E-state index contributed by atoms with van der Waals surface area (Å²) in [6.07, 6.45) is 3.06. The zero-order valence-corrected chi connectivity index (χ0v) is 10.1. The van der Waals surface area contributed by atoms with Crippen LogP contribution in [-0.4, -0.2) is 37.9 Å². The second kappa shape index (κ2) is 9.67. The van der Waals surface area contributed by atoms with E-state index in [4.69, 9.17) is 5.11 Å². The second-order valence-electron chi connectivity index (χ2n) is 3.19. The highest BCUT2D eigenvalue weighted by atomic mass is 16.5. The summed E-state index contributed by atoms with van der Waals surface area (Å²) in [5.74, 6) is 3.09. The minimum absolute atomic E-state index is 0.0645. The molecule has 17 heavy (non-hydrogen) atoms. The molecule has 0 atom stereocenters. The van der Waals surface area contributed by atoms with Crippen LogP contribution in [0.4, 0.5) is 0 Å². The Morgan fingerprint density at radius 3 is 2.35 bits per heavy atom. The van der Waals surface area contributed by atoms with Gasteiger partial charge in [-0.1, -0.05) is 5.92 Å². The number of carbonyl (C=O) groups is 2. The summed E-state index contributed by atoms with van der Waals surface area (Å²) in [4.78, 5) is 22.5. The van der Waals surface area contributed by atoms with Gasteiger partial charge < -0.3 is 14.6 Å². The van der Waals surface area contributed by atoms with Crippen molar-refractivity contribution in [3.8, 4) is 11.8 Å². The van der Waals surface area contributed by atoms with Crippen molar-refractivity contribution >= 4 is 11.9 Å². The highest BCUT2D eigenvalue weighted by Gasteiger charge is 2.27. The maximum Gasteiger partial charge on any atom is 0.321 e. The van der Waals surface area contributed by atoms with E-state index in [-0.39, 0.29) is 13.0 Å². The number of aliphatic hydroxyl groups excluding tert-OH is 1. The Bertz CT molecular complexity index is 284. The first-order valence-corrected chi connectivity index (χ1v) is 5.24. The zero-order chi connectivity index (χ0) is 13.1. The van der Waals surface area contributed by atoms with E-state index in [1.54, 1.807) is 6.42 Å². The van der Waals surface area contributed by atoms with Crippen LogP contribution in [0.25, 0.3) is 0 Å². The van der Waals surface area contributed by atoms with E-state index < -0.39 is 17.9 Å². The fourth-order valence-corrected chi connectivity index (χ4v) is 1.05. The van der Waals surface area contributed by atoms with Crippen LogP contribution >= 0.6 is 0 Å². The summed E-state index contributed by atoms with van der Waals surface area (Å²) >= 11 is 0. The highest BCUT2D eigenvalue weighted by Crippen LogP contribution is 2.07. The molecular weight excluding hydrogens is 224 g/mol. The van der Waals surface area contributed by atoms with Crippen molar-refractivity contribution in [1.82, 2.24) is 0 Å². The molecule has 0 fully saturated rings. The number of aliphatic hydroxyl groups is 1. The molecule has 1 radical (unpaired) electrons. The van der Waals surface area contributed by atoms with Crippen molar-refractivity contribution in [3.05, 3.63) is 6.42 Å². The van der Waals surface area contributed by atoms with E-state index in [0.717, 1.165) is 0 Å². The van der Waals surface area contributed by atoms with Gasteiger partial charge >= 0.3 is 11.9 Å². The van der Waals surface area contributed by atoms with Crippen LogP contribution in [0.1, 0.15) is 19.3 Å². The molecule has 5 nitrogen and oxygen atoms in total. The second-order valence-corrected chi connectivity index (χ2v) is 3.19. The molecule has 0 unspecified atom stereocenters. The van der Waals surface area contributed by atoms with Crippen LogP contribution in [0.2, 0.25) is 0 Å². The van der Waals surface area contributed by atoms with Gasteiger partial charge in [0.2, 0.25) is 0 Å². The van der Waals surface area contributed by atoms with E-state index in [9.17, 15) is 9.59 Å². The number of carbonyl (C=O) groups excluding carboxylic acids is 2. The lowest BCUT2D eigenvalue weighted by Crippen LogP contribution is -2.26. The Balaban J connectivity index is 4.16. The molecule has 0 aromatic heterocycles. The van der Waals surface area contributed by atoms with Crippen LogP contribution in [0.5, 0.6) is 0 Å². The fourth-order valence-electron chi connectivity index (χ4n) is 1.05. The number of methoxy groups -OCH3 is 2. The predicted molar refractivity (Wildman–Crippen MR) is 60.5 cm³/mol. The van der Waals surface area contributed by atoms with Crippen molar-refractivity contribution < 1.29 is 24.2 Å². The van der Waals surface area contributed by atoms with Crippen LogP contribution < -0.4 is 0 Å². The molecule has 0 aliphatic carbocycles. The first kappa shape index (κ1) is 15.5. The molecular formula is C12H17O5. The Kier molecular flexibility index (Phi) is 8.79. The van der Waals surface area contributed by atoms with Crippen LogP contribution in [0.15, 0.2) is 0 Å². The number of unbranched alkanes of at least 4 members (excludes halogenated alkanes) is 2. The molecule has 5 heteroatoms. The molecule has 0 saturated heterocycles. The third-order valence-electron chi connectivity index (χ3n) is 1.99. The molecule has 1 N–H and O–H groups in total. The fraction of sp³-hybridized carbons (Fsp3) is 0.583. The van der Waals surface area contributed by atoms with Crippen molar-refractivity contribution in [3.63, 3.8) is 0 Å². The molecule has 0 aliphatic rings. The predicted octanol–water partition coefficient (Wildman–Crippen LogP) is 0.319. The molecule has 0 amide bonds. The lowest BCUT2D eigenvalue weighted by molar-refractivity contribution is -0.158. The summed E-state index contributed by atoms with van der Waals surface area (Å²) in [6.45, 7) is 0.116. The van der Waals surface area contributed by atoms with Gasteiger partial charge in [0.15, 0.2) is 5.92 Å². The summed E-state index contributed by atoms with van der Waals surface area (Å²) in [5, 5.41) is 8.53. The van der Waals surface area contributed by atoms with Gasteiger partial charge in [0, 0.05) is 19.4 Å². The number of esters is 2. The summed E-state index contributed by atoms with van der Waals surface area (Å²) in [6, 6.07) is 0. The molecule has 0 bridgehead atoms. The SMILES string of the molecule is COC(=O)C(CC#C[CH]CCCO)C(=O)OC. The zero-order valence-electron chi connectivity index (χ0n) is 10.1. The van der Waals surface area contributed by atoms with Crippen molar-refractivity contribution in [2.45, 2.75) is 19.3 Å². The lowest BCUT2D eigenvalue weighted by atomic mass is 10.1. The highest BCUT2D eigenvalue weighted by molar-refractivity contribution is 5.95. The molecule has 0 aromatic rings. The van der Waals surface area contributed by atoms with Gasteiger partial charge in [0.1, 0.15) is 0 Å². The lowest BCUT2D eigenvalue weighted by Gasteiger charge is -2.08. The molecule has 0 heterocycles. The standard InChI is InChI=1S/C12H17O5/c1-16-11(14)10(12(15)17-2)8-6-4-3-5-7-9-13/h3,10,13H,5,7-9H2,1-2H3. The van der Waals surface area contributed by atoms with Gasteiger partial charge in [0.05, 0.1) is 14.2 Å². The Labute approximate surface area is 101 Å². The summed E-state index contributed by atoms with van der Waals surface area (Å²) < 4.78 is 8.96. The number of rotatable bonds is 6. The van der Waals surface area contributed by atoms with E-state index >= 15 is 0 Å². The largest absolute Gasteiger partial charge is 0.468 e. The quantitative estimate of drug-likeness (QED) is 0.314. The smallest absolute Gasteiger partial charge is 0.321 e. The summed E-state index contributed by atoms with van der Waals surface area (Å²) in [5.41, 5.74) is 0. The average molecular weight is 241 g/mol. The number of ether oxygens (including phenoxy) is 2. The molecule has 95 valence electrons. The molecule has 0 rings (SSSR count). The first-order valence-electron chi connectivity index (χ1n) is 5.24. The average Bonchev–Trinajstić information content (AvgIpc) is 2.36. The molecule has 0 saturated carbocycles. The Hall–Kier alpha value is -1.54. The normalized spacial score (nSPS) is 9.41. The summed E-state index contributed by atoms with van der Waals surface area (Å²) in [7, 11) is 2.41. The van der Waals surface area contributed by atoms with Crippen LogP contribution in [0.3, 0.4) is 0 Å². The third-order valence-corrected chi connectivity index (χ3v) is 1.99. The van der Waals surface area contributed by atoms with E-state index in [0.29, 0.717) is 12.8 Å². The van der Waals surface area contributed by atoms with E-state index in [1.807, 2.05) is 0 Å². The van der Waals surface area contributed by atoms with Gasteiger partial charge in [0.25, 0.3) is 0 Å². The Morgan fingerprint density at radius 1 is 1.29 bits per heavy atom. The maximum absolute atomic E-state index is 11.2. The van der Waals surface area contributed by atoms with Gasteiger partial charge in [-0.2, -0.15) is 0 Å².